The fourth-order valence-electron chi connectivity index (χ4n) is 2.33. The fraction of sp³-hybridized carbons (Fsp3) is 0.333. The van der Waals surface area contributed by atoms with E-state index in [9.17, 15) is 9.59 Å². The molecule has 1 aromatic carbocycles. The number of hydrogen-bond acceptors (Lipinski definition) is 5. The summed E-state index contributed by atoms with van der Waals surface area (Å²) in [4.78, 5) is 28.4. The van der Waals surface area contributed by atoms with Gasteiger partial charge in [-0.05, 0) is 36.8 Å². The number of amides is 1. The number of aromatic amines is 1. The Morgan fingerprint density at radius 3 is 2.48 bits per heavy atom. The third-order valence-electron chi connectivity index (χ3n) is 3.70. The van der Waals surface area contributed by atoms with E-state index in [2.05, 4.69) is 4.98 Å². The van der Waals surface area contributed by atoms with Gasteiger partial charge in [-0.2, -0.15) is 0 Å². The lowest BCUT2D eigenvalue weighted by Gasteiger charge is -2.21. The molecule has 2 aromatic rings. The van der Waals surface area contributed by atoms with E-state index in [1.807, 2.05) is 19.1 Å². The summed E-state index contributed by atoms with van der Waals surface area (Å²) in [5, 5.41) is 0. The smallest absolute Gasteiger partial charge is 0.355 e. The highest BCUT2D eigenvalue weighted by atomic mass is 16.5. The van der Waals surface area contributed by atoms with Crippen LogP contribution in [0, 0.1) is 0 Å². The van der Waals surface area contributed by atoms with Gasteiger partial charge in [0.2, 0.25) is 0 Å². The van der Waals surface area contributed by atoms with Crippen LogP contribution in [0.1, 0.15) is 23.0 Å². The second kappa shape index (κ2) is 8.77. The van der Waals surface area contributed by atoms with Gasteiger partial charge in [-0.15, -0.1) is 0 Å². The quantitative estimate of drug-likeness (QED) is 0.742. The summed E-state index contributed by atoms with van der Waals surface area (Å²) in [7, 11) is 3.13. The van der Waals surface area contributed by atoms with Crippen LogP contribution in [0.4, 0.5) is 0 Å². The van der Waals surface area contributed by atoms with E-state index < -0.39 is 5.97 Å². The highest BCUT2D eigenvalue weighted by molar-refractivity contribution is 5.89. The molecule has 0 bridgehead atoms. The third-order valence-corrected chi connectivity index (χ3v) is 3.70. The molecule has 0 saturated heterocycles. The van der Waals surface area contributed by atoms with Crippen molar-refractivity contribution >= 4 is 11.9 Å². The Bertz CT molecular complexity index is 712. The molecule has 134 valence electrons. The van der Waals surface area contributed by atoms with Crippen molar-refractivity contribution in [2.45, 2.75) is 13.5 Å². The van der Waals surface area contributed by atoms with Crippen LogP contribution < -0.4 is 9.47 Å². The highest BCUT2D eigenvalue weighted by Crippen LogP contribution is 2.28. The van der Waals surface area contributed by atoms with Crippen LogP contribution in [-0.2, 0) is 16.1 Å². The first-order valence-electron chi connectivity index (χ1n) is 7.88. The van der Waals surface area contributed by atoms with Gasteiger partial charge in [0.05, 0.1) is 14.2 Å². The number of nitrogens with zero attached hydrogens (tertiary/aromatic N) is 1. The number of esters is 1. The predicted octanol–water partition coefficient (Wildman–Crippen LogP) is 2.24. The maximum absolute atomic E-state index is 12.3. The van der Waals surface area contributed by atoms with Gasteiger partial charge in [0.15, 0.2) is 18.1 Å². The van der Waals surface area contributed by atoms with Gasteiger partial charge < -0.3 is 24.1 Å². The summed E-state index contributed by atoms with van der Waals surface area (Å²) in [5.41, 5.74) is 1.21. The number of H-pyrrole nitrogens is 1. The molecule has 1 heterocycles. The van der Waals surface area contributed by atoms with Gasteiger partial charge in [0.25, 0.3) is 5.91 Å². The number of ether oxygens (including phenoxy) is 3. The van der Waals surface area contributed by atoms with Crippen molar-refractivity contribution in [1.82, 2.24) is 9.88 Å². The molecule has 0 radical (unpaired) electrons. The second-order valence-electron chi connectivity index (χ2n) is 5.26. The van der Waals surface area contributed by atoms with E-state index in [4.69, 9.17) is 14.2 Å². The number of nitrogens with one attached hydrogen (secondary N) is 1. The molecule has 25 heavy (non-hydrogen) atoms. The number of carbonyl (C=O) groups excluding carboxylic acids is 2. The summed E-state index contributed by atoms with van der Waals surface area (Å²) in [6.45, 7) is 2.44. The SMILES string of the molecule is CCN(Cc1ccc(OC)c(OC)c1)C(=O)COC(=O)c1ccc[nH]1. The summed E-state index contributed by atoms with van der Waals surface area (Å²) in [5.74, 6) is 0.403. The molecule has 0 unspecified atom stereocenters. The topological polar surface area (TPSA) is 80.9 Å². The van der Waals surface area contributed by atoms with E-state index in [1.54, 1.807) is 43.5 Å². The number of hydrogen-bond donors (Lipinski definition) is 1. The zero-order valence-corrected chi connectivity index (χ0v) is 14.6. The molecule has 0 aliphatic heterocycles. The van der Waals surface area contributed by atoms with E-state index in [1.165, 1.54) is 0 Å². The van der Waals surface area contributed by atoms with Gasteiger partial charge in [-0.3, -0.25) is 4.79 Å². The number of rotatable bonds is 8. The maximum Gasteiger partial charge on any atom is 0.355 e. The third kappa shape index (κ3) is 4.76. The van der Waals surface area contributed by atoms with Gasteiger partial charge in [0, 0.05) is 19.3 Å². The molecular weight excluding hydrogens is 324 g/mol. The van der Waals surface area contributed by atoms with Crippen molar-refractivity contribution in [3.63, 3.8) is 0 Å². The van der Waals surface area contributed by atoms with Crippen LogP contribution in [-0.4, -0.2) is 49.1 Å². The van der Waals surface area contributed by atoms with Crippen molar-refractivity contribution < 1.29 is 23.8 Å². The molecule has 7 nitrogen and oxygen atoms in total. The highest BCUT2D eigenvalue weighted by Gasteiger charge is 2.17. The van der Waals surface area contributed by atoms with Crippen LogP contribution in [0.5, 0.6) is 11.5 Å². The number of carbonyl (C=O) groups is 2. The molecule has 0 saturated carbocycles. The molecule has 1 aromatic heterocycles. The van der Waals surface area contributed by atoms with Crippen LogP contribution in [0.2, 0.25) is 0 Å². The van der Waals surface area contributed by atoms with Crippen molar-refractivity contribution in [2.24, 2.45) is 0 Å². The Morgan fingerprint density at radius 1 is 1.12 bits per heavy atom. The fourth-order valence-corrected chi connectivity index (χ4v) is 2.33. The minimum Gasteiger partial charge on any atom is -0.493 e. The Kier molecular flexibility index (Phi) is 6.45. The molecule has 0 aliphatic rings. The first kappa shape index (κ1) is 18.4. The lowest BCUT2D eigenvalue weighted by molar-refractivity contribution is -0.134. The number of aromatic nitrogens is 1. The van der Waals surface area contributed by atoms with Crippen LogP contribution in [0.25, 0.3) is 0 Å². The molecular formula is C18H22N2O5. The standard InChI is InChI=1S/C18H22N2O5/c1-4-20(11-13-7-8-15(23-2)16(10-13)24-3)17(21)12-25-18(22)14-6-5-9-19-14/h5-10,19H,4,11-12H2,1-3H3. The minimum atomic E-state index is -0.555. The average Bonchev–Trinajstić information content (AvgIpc) is 3.18. The van der Waals surface area contributed by atoms with E-state index in [0.717, 1.165) is 5.56 Å². The number of benzene rings is 1. The van der Waals surface area contributed by atoms with Crippen molar-refractivity contribution in [1.29, 1.82) is 0 Å². The Balaban J connectivity index is 1.97. The molecule has 2 rings (SSSR count). The van der Waals surface area contributed by atoms with Gasteiger partial charge in [0.1, 0.15) is 5.69 Å². The average molecular weight is 346 g/mol. The van der Waals surface area contributed by atoms with Crippen LogP contribution >= 0.6 is 0 Å². The zero-order valence-electron chi connectivity index (χ0n) is 14.6. The van der Waals surface area contributed by atoms with Gasteiger partial charge in [-0.25, -0.2) is 4.79 Å². The number of likely N-dealkylation sites (N-methyl/N-ethyl adjacent to an activating group) is 1. The monoisotopic (exact) mass is 346 g/mol. The van der Waals surface area contributed by atoms with Crippen LogP contribution in [0.3, 0.4) is 0 Å². The normalized spacial score (nSPS) is 10.2. The Hall–Kier alpha value is -2.96. The molecule has 0 fully saturated rings. The van der Waals surface area contributed by atoms with Crippen LogP contribution in [0.15, 0.2) is 36.5 Å². The minimum absolute atomic E-state index is 0.266. The largest absolute Gasteiger partial charge is 0.493 e. The van der Waals surface area contributed by atoms with Crippen molar-refractivity contribution in [3.05, 3.63) is 47.8 Å². The molecule has 7 heteroatoms. The van der Waals surface area contributed by atoms with Gasteiger partial charge in [-0.1, -0.05) is 6.07 Å². The van der Waals surface area contributed by atoms with Gasteiger partial charge >= 0.3 is 5.97 Å². The predicted molar refractivity (Wildman–Crippen MR) is 91.7 cm³/mol. The lowest BCUT2D eigenvalue weighted by atomic mass is 10.2. The van der Waals surface area contributed by atoms with Crippen molar-refractivity contribution in [2.75, 3.05) is 27.4 Å². The molecule has 0 aliphatic carbocycles. The first-order valence-corrected chi connectivity index (χ1v) is 7.88. The van der Waals surface area contributed by atoms with E-state index >= 15 is 0 Å². The molecule has 1 N–H and O–H groups in total. The summed E-state index contributed by atoms with van der Waals surface area (Å²) >= 11 is 0. The second-order valence-corrected chi connectivity index (χ2v) is 5.26. The van der Waals surface area contributed by atoms with E-state index in [-0.39, 0.29) is 12.5 Å². The zero-order chi connectivity index (χ0) is 18.2. The first-order chi connectivity index (χ1) is 12.1. The molecule has 1 amide bonds. The lowest BCUT2D eigenvalue weighted by Crippen LogP contribution is -2.34. The molecule has 0 spiro atoms. The number of methoxy groups -OCH3 is 2. The summed E-state index contributed by atoms with van der Waals surface area (Å²) < 4.78 is 15.5. The van der Waals surface area contributed by atoms with Crippen molar-refractivity contribution in [3.8, 4) is 11.5 Å². The Labute approximate surface area is 146 Å². The van der Waals surface area contributed by atoms with E-state index in [0.29, 0.717) is 30.3 Å². The molecule has 0 atom stereocenters. The summed E-state index contributed by atoms with van der Waals surface area (Å²) in [6, 6.07) is 8.75. The summed E-state index contributed by atoms with van der Waals surface area (Å²) in [6.07, 6.45) is 1.62. The Morgan fingerprint density at radius 2 is 1.88 bits per heavy atom. The maximum atomic E-state index is 12.3.